The fourth-order valence-electron chi connectivity index (χ4n) is 2.24. The van der Waals surface area contributed by atoms with Crippen molar-refractivity contribution in [2.24, 2.45) is 0 Å². The molecule has 82 valence electrons. The van der Waals surface area contributed by atoms with Crippen molar-refractivity contribution in [3.05, 3.63) is 51.7 Å². The van der Waals surface area contributed by atoms with Crippen LogP contribution in [0.4, 0.5) is 5.69 Å². The molecule has 1 aromatic carbocycles. The van der Waals surface area contributed by atoms with Crippen molar-refractivity contribution in [2.45, 2.75) is 12.5 Å². The van der Waals surface area contributed by atoms with Gasteiger partial charge >= 0.3 is 0 Å². The topological polar surface area (TPSA) is 38.0 Å². The fraction of sp³-hybridized carbons (Fsp3) is 0.231. The van der Waals surface area contributed by atoms with Gasteiger partial charge in [0, 0.05) is 17.1 Å². The van der Waals surface area contributed by atoms with Gasteiger partial charge in [0.25, 0.3) is 0 Å². The first-order valence-corrected chi connectivity index (χ1v) is 6.37. The number of fused-ring (bicyclic) bond motifs is 1. The van der Waals surface area contributed by atoms with Crippen LogP contribution in [0.15, 0.2) is 35.7 Å². The second-order valence-electron chi connectivity index (χ2n) is 4.10. The highest BCUT2D eigenvalue weighted by atomic mass is 32.1. The van der Waals surface area contributed by atoms with E-state index in [0.29, 0.717) is 6.04 Å². The summed E-state index contributed by atoms with van der Waals surface area (Å²) >= 11 is 1.86. The van der Waals surface area contributed by atoms with Gasteiger partial charge in [-0.25, -0.2) is 0 Å². The minimum atomic E-state index is 0.343. The molecule has 3 rings (SSSR count). The zero-order valence-corrected chi connectivity index (χ0v) is 9.76. The Labute approximate surface area is 99.1 Å². The van der Waals surface area contributed by atoms with Gasteiger partial charge in [0.1, 0.15) is 0 Å². The predicted molar refractivity (Wildman–Crippen MR) is 68.7 cm³/mol. The molecule has 2 nitrogen and oxygen atoms in total. The zero-order chi connectivity index (χ0) is 11.0. The average molecular weight is 230 g/mol. The van der Waals surface area contributed by atoms with E-state index in [1.807, 2.05) is 23.5 Å². The Morgan fingerprint density at radius 1 is 1.19 bits per heavy atom. The van der Waals surface area contributed by atoms with Crippen LogP contribution < -0.4 is 11.1 Å². The van der Waals surface area contributed by atoms with Crippen LogP contribution in [0, 0.1) is 0 Å². The molecule has 3 N–H and O–H groups in total. The molecule has 1 unspecified atom stereocenters. The van der Waals surface area contributed by atoms with Gasteiger partial charge in [-0.15, -0.1) is 11.3 Å². The summed E-state index contributed by atoms with van der Waals surface area (Å²) in [5.41, 5.74) is 9.27. The van der Waals surface area contributed by atoms with Crippen molar-refractivity contribution in [3.63, 3.8) is 0 Å². The van der Waals surface area contributed by atoms with Gasteiger partial charge in [-0.3, -0.25) is 0 Å². The second kappa shape index (κ2) is 3.92. The highest BCUT2D eigenvalue weighted by Gasteiger charge is 2.21. The lowest BCUT2D eigenvalue weighted by Gasteiger charge is -2.24. The van der Waals surface area contributed by atoms with E-state index in [-0.39, 0.29) is 0 Å². The number of hydrogen-bond donors (Lipinski definition) is 2. The zero-order valence-electron chi connectivity index (χ0n) is 8.94. The number of anilines is 1. The molecule has 1 aliphatic heterocycles. The average Bonchev–Trinajstić information content (AvgIpc) is 2.78. The quantitative estimate of drug-likeness (QED) is 0.739. The monoisotopic (exact) mass is 230 g/mol. The molecule has 0 fully saturated rings. The number of nitrogen functional groups attached to an aromatic ring is 1. The summed E-state index contributed by atoms with van der Waals surface area (Å²) in [6.07, 6.45) is 1.15. The Kier molecular flexibility index (Phi) is 2.42. The van der Waals surface area contributed by atoms with Gasteiger partial charge in [0.05, 0.1) is 6.04 Å². The summed E-state index contributed by atoms with van der Waals surface area (Å²) in [5.74, 6) is 0. The van der Waals surface area contributed by atoms with Crippen molar-refractivity contribution in [3.8, 4) is 0 Å². The van der Waals surface area contributed by atoms with Gasteiger partial charge < -0.3 is 11.1 Å². The number of nitrogens with two attached hydrogens (primary N) is 1. The molecule has 0 aliphatic carbocycles. The minimum absolute atomic E-state index is 0.343. The molecule has 0 saturated carbocycles. The Hall–Kier alpha value is -1.32. The van der Waals surface area contributed by atoms with Gasteiger partial charge in [-0.2, -0.15) is 0 Å². The largest absolute Gasteiger partial charge is 0.399 e. The normalized spacial score (nSPS) is 19.4. The Balaban J connectivity index is 2.00. The molecule has 3 heteroatoms. The van der Waals surface area contributed by atoms with Crippen LogP contribution in [-0.2, 0) is 6.42 Å². The summed E-state index contributed by atoms with van der Waals surface area (Å²) in [6.45, 7) is 1.06. The van der Waals surface area contributed by atoms with E-state index in [0.717, 1.165) is 18.7 Å². The van der Waals surface area contributed by atoms with Gasteiger partial charge in [0.15, 0.2) is 0 Å². The number of rotatable bonds is 1. The van der Waals surface area contributed by atoms with Crippen LogP contribution in [-0.4, -0.2) is 6.54 Å². The molecular weight excluding hydrogens is 216 g/mol. The number of hydrogen-bond acceptors (Lipinski definition) is 3. The molecule has 1 aromatic heterocycles. The van der Waals surface area contributed by atoms with Crippen LogP contribution in [0.3, 0.4) is 0 Å². The highest BCUT2D eigenvalue weighted by Crippen LogP contribution is 2.32. The molecule has 1 atom stereocenters. The van der Waals surface area contributed by atoms with Crippen LogP contribution in [0.25, 0.3) is 0 Å². The van der Waals surface area contributed by atoms with Crippen molar-refractivity contribution in [1.82, 2.24) is 5.32 Å². The third-order valence-electron chi connectivity index (χ3n) is 3.06. The summed E-state index contributed by atoms with van der Waals surface area (Å²) in [6, 6.07) is 10.7. The lowest BCUT2D eigenvalue weighted by atomic mass is 9.95. The molecule has 2 aromatic rings. The van der Waals surface area contributed by atoms with Gasteiger partial charge in [0.2, 0.25) is 0 Å². The maximum atomic E-state index is 5.71. The molecule has 0 radical (unpaired) electrons. The molecule has 0 spiro atoms. The van der Waals surface area contributed by atoms with Crippen LogP contribution in [0.5, 0.6) is 0 Å². The maximum Gasteiger partial charge on any atom is 0.0587 e. The summed E-state index contributed by atoms with van der Waals surface area (Å²) in [7, 11) is 0. The fourth-order valence-corrected chi connectivity index (χ4v) is 3.16. The van der Waals surface area contributed by atoms with E-state index < -0.39 is 0 Å². The lowest BCUT2D eigenvalue weighted by Crippen LogP contribution is -2.29. The van der Waals surface area contributed by atoms with Crippen LogP contribution >= 0.6 is 11.3 Å². The standard InChI is InChI=1S/C13H14N2S/c14-10-3-1-9(2-4-10)13-11-6-8-16-12(11)5-7-15-13/h1-4,6,8,13,15H,5,7,14H2. The first-order valence-electron chi connectivity index (χ1n) is 5.50. The summed E-state index contributed by atoms with van der Waals surface area (Å²) in [5, 5.41) is 5.75. The van der Waals surface area contributed by atoms with Crippen LogP contribution in [0.1, 0.15) is 22.0 Å². The number of thiophene rings is 1. The molecule has 1 aliphatic rings. The van der Waals surface area contributed by atoms with Crippen molar-refractivity contribution in [1.29, 1.82) is 0 Å². The smallest absolute Gasteiger partial charge is 0.0587 e. The van der Waals surface area contributed by atoms with Gasteiger partial charge in [-0.05, 0) is 41.1 Å². The van der Waals surface area contributed by atoms with Crippen molar-refractivity contribution >= 4 is 17.0 Å². The Bertz CT molecular complexity index is 487. The lowest BCUT2D eigenvalue weighted by molar-refractivity contribution is 0.575. The van der Waals surface area contributed by atoms with Gasteiger partial charge in [-0.1, -0.05) is 12.1 Å². The van der Waals surface area contributed by atoms with E-state index in [1.54, 1.807) is 0 Å². The molecule has 0 bridgehead atoms. The molecule has 0 saturated heterocycles. The molecule has 2 heterocycles. The highest BCUT2D eigenvalue weighted by molar-refractivity contribution is 7.10. The van der Waals surface area contributed by atoms with Crippen molar-refractivity contribution in [2.75, 3.05) is 12.3 Å². The van der Waals surface area contributed by atoms with Crippen molar-refractivity contribution < 1.29 is 0 Å². The Morgan fingerprint density at radius 2 is 2.00 bits per heavy atom. The second-order valence-corrected chi connectivity index (χ2v) is 5.10. The summed E-state index contributed by atoms with van der Waals surface area (Å²) in [4.78, 5) is 1.51. The van der Waals surface area contributed by atoms with E-state index >= 15 is 0 Å². The predicted octanol–water partition coefficient (Wildman–Crippen LogP) is 2.57. The maximum absolute atomic E-state index is 5.71. The van der Waals surface area contributed by atoms with Crippen LogP contribution in [0.2, 0.25) is 0 Å². The third kappa shape index (κ3) is 1.62. The van der Waals surface area contributed by atoms with E-state index in [2.05, 4.69) is 28.9 Å². The third-order valence-corrected chi connectivity index (χ3v) is 4.06. The summed E-state index contributed by atoms with van der Waals surface area (Å²) < 4.78 is 0. The molecular formula is C13H14N2S. The number of nitrogens with one attached hydrogen (secondary N) is 1. The first kappa shape index (κ1) is 9.87. The minimum Gasteiger partial charge on any atom is -0.399 e. The molecule has 0 amide bonds. The molecule has 16 heavy (non-hydrogen) atoms. The van der Waals surface area contributed by atoms with E-state index in [4.69, 9.17) is 5.73 Å². The first-order chi connectivity index (χ1) is 7.84. The Morgan fingerprint density at radius 3 is 2.81 bits per heavy atom. The van der Waals surface area contributed by atoms with E-state index in [1.165, 1.54) is 16.0 Å². The van der Waals surface area contributed by atoms with E-state index in [9.17, 15) is 0 Å². The SMILES string of the molecule is Nc1ccc(C2NCCc3sccc32)cc1. The number of benzene rings is 1.